The molecule has 1 atom stereocenters. The molecule has 0 aliphatic heterocycles. The lowest BCUT2D eigenvalue weighted by atomic mass is 10.3. The minimum Gasteiger partial charge on any atom is -0.480 e. The first kappa shape index (κ1) is 11.0. The number of H-pyrrole nitrogens is 1. The molecule has 84 valence electrons. The van der Waals surface area contributed by atoms with E-state index >= 15 is 0 Å². The predicted octanol–water partition coefficient (Wildman–Crippen LogP) is 1.67. The fraction of sp³-hybridized carbons (Fsp3) is 0.182. The maximum Gasteiger partial charge on any atom is 0.318 e. The molecule has 1 aromatic carbocycles. The van der Waals surface area contributed by atoms with Crippen LogP contribution in [0.25, 0.3) is 10.9 Å². The van der Waals surface area contributed by atoms with Crippen molar-refractivity contribution >= 4 is 28.6 Å². The van der Waals surface area contributed by atoms with Crippen molar-refractivity contribution in [3.63, 3.8) is 0 Å². The molecule has 1 aromatic heterocycles. The molecule has 0 bridgehead atoms. The highest BCUT2D eigenvalue weighted by molar-refractivity contribution is 8.00. The smallest absolute Gasteiger partial charge is 0.318 e. The van der Waals surface area contributed by atoms with Gasteiger partial charge in [0.1, 0.15) is 5.25 Å². The Morgan fingerprint density at radius 3 is 2.88 bits per heavy atom. The molecule has 16 heavy (non-hydrogen) atoms. The van der Waals surface area contributed by atoms with Gasteiger partial charge >= 0.3 is 5.97 Å². The number of hydrogen-bond acceptors (Lipinski definition) is 3. The molecule has 0 amide bonds. The van der Waals surface area contributed by atoms with Gasteiger partial charge in [0.2, 0.25) is 0 Å². The Morgan fingerprint density at radius 1 is 1.50 bits per heavy atom. The summed E-state index contributed by atoms with van der Waals surface area (Å²) in [6, 6.07) is 9.75. The number of rotatable bonds is 4. The summed E-state index contributed by atoms with van der Waals surface area (Å²) >= 11 is 1.24. The largest absolute Gasteiger partial charge is 0.480 e. The normalized spacial score (nSPS) is 12.8. The van der Waals surface area contributed by atoms with Crippen LogP contribution in [-0.4, -0.2) is 27.9 Å². The number of nitrogens with one attached hydrogen (secondary N) is 1. The minimum absolute atomic E-state index is 0.120. The first-order chi connectivity index (χ1) is 7.70. The van der Waals surface area contributed by atoms with E-state index in [-0.39, 0.29) is 6.54 Å². The van der Waals surface area contributed by atoms with Crippen molar-refractivity contribution in [2.45, 2.75) is 10.3 Å². The molecule has 5 heteroatoms. The summed E-state index contributed by atoms with van der Waals surface area (Å²) in [6.45, 7) is 0.120. The Balaban J connectivity index is 2.24. The van der Waals surface area contributed by atoms with Crippen molar-refractivity contribution < 1.29 is 9.90 Å². The SMILES string of the molecule is NCC(Sc1cc2ccccc2[nH]1)C(=O)O. The number of benzene rings is 1. The van der Waals surface area contributed by atoms with Crippen LogP contribution in [0.5, 0.6) is 0 Å². The van der Waals surface area contributed by atoms with E-state index in [0.29, 0.717) is 0 Å². The fourth-order valence-electron chi connectivity index (χ4n) is 1.46. The Morgan fingerprint density at radius 2 is 2.25 bits per heavy atom. The quantitative estimate of drug-likeness (QED) is 0.705. The van der Waals surface area contributed by atoms with Crippen molar-refractivity contribution in [2.24, 2.45) is 5.73 Å². The topological polar surface area (TPSA) is 79.1 Å². The Labute approximate surface area is 96.8 Å². The van der Waals surface area contributed by atoms with E-state index in [4.69, 9.17) is 10.8 Å². The first-order valence-electron chi connectivity index (χ1n) is 4.88. The van der Waals surface area contributed by atoms with Crippen LogP contribution < -0.4 is 5.73 Å². The van der Waals surface area contributed by atoms with Crippen LogP contribution in [0.15, 0.2) is 35.4 Å². The van der Waals surface area contributed by atoms with Gasteiger partial charge < -0.3 is 15.8 Å². The third-order valence-corrected chi connectivity index (χ3v) is 3.42. The number of carboxylic acids is 1. The average molecular weight is 236 g/mol. The summed E-state index contributed by atoms with van der Waals surface area (Å²) in [7, 11) is 0. The molecule has 4 N–H and O–H groups in total. The van der Waals surface area contributed by atoms with E-state index in [1.165, 1.54) is 11.8 Å². The number of aromatic amines is 1. The van der Waals surface area contributed by atoms with Crippen LogP contribution in [0.1, 0.15) is 0 Å². The molecule has 0 fully saturated rings. The summed E-state index contributed by atoms with van der Waals surface area (Å²) in [5, 5.41) is 10.2. The summed E-state index contributed by atoms with van der Waals surface area (Å²) in [6.07, 6.45) is 0. The molecule has 0 saturated carbocycles. The highest BCUT2D eigenvalue weighted by Gasteiger charge is 2.17. The second kappa shape index (κ2) is 4.59. The second-order valence-electron chi connectivity index (χ2n) is 3.40. The molecular formula is C11H12N2O2S. The number of nitrogens with two attached hydrogens (primary N) is 1. The van der Waals surface area contributed by atoms with Gasteiger partial charge in [-0.3, -0.25) is 4.79 Å². The van der Waals surface area contributed by atoms with Crippen LogP contribution in [0.2, 0.25) is 0 Å². The van der Waals surface area contributed by atoms with E-state index in [0.717, 1.165) is 15.9 Å². The monoisotopic (exact) mass is 236 g/mol. The zero-order valence-corrected chi connectivity index (χ0v) is 9.33. The number of carbonyl (C=O) groups is 1. The summed E-state index contributed by atoms with van der Waals surface area (Å²) < 4.78 is 0. The van der Waals surface area contributed by atoms with E-state index in [1.807, 2.05) is 30.3 Å². The van der Waals surface area contributed by atoms with Crippen LogP contribution in [-0.2, 0) is 4.79 Å². The van der Waals surface area contributed by atoms with Gasteiger partial charge in [0.15, 0.2) is 0 Å². The molecule has 0 aliphatic rings. The third kappa shape index (κ3) is 2.20. The lowest BCUT2D eigenvalue weighted by Crippen LogP contribution is -2.25. The van der Waals surface area contributed by atoms with Gasteiger partial charge in [-0.2, -0.15) is 0 Å². The van der Waals surface area contributed by atoms with Gasteiger partial charge in [-0.15, -0.1) is 0 Å². The van der Waals surface area contributed by atoms with Gasteiger partial charge in [-0.25, -0.2) is 0 Å². The lowest BCUT2D eigenvalue weighted by molar-refractivity contribution is -0.136. The standard InChI is InChI=1S/C11H12N2O2S/c12-6-9(11(14)15)16-10-5-7-3-1-2-4-8(7)13-10/h1-5,9,13H,6,12H2,(H,14,15). The van der Waals surface area contributed by atoms with E-state index in [1.54, 1.807) is 0 Å². The fourth-order valence-corrected chi connectivity index (χ4v) is 2.33. The highest BCUT2D eigenvalue weighted by Crippen LogP contribution is 2.26. The van der Waals surface area contributed by atoms with Crippen molar-refractivity contribution in [1.29, 1.82) is 0 Å². The molecule has 0 radical (unpaired) electrons. The van der Waals surface area contributed by atoms with Gasteiger partial charge in [0.25, 0.3) is 0 Å². The number of thioether (sulfide) groups is 1. The Hall–Kier alpha value is -1.46. The van der Waals surface area contributed by atoms with Crippen molar-refractivity contribution in [3.05, 3.63) is 30.3 Å². The van der Waals surface area contributed by atoms with E-state index in [9.17, 15) is 4.79 Å². The van der Waals surface area contributed by atoms with Crippen molar-refractivity contribution in [1.82, 2.24) is 4.98 Å². The van der Waals surface area contributed by atoms with Crippen molar-refractivity contribution in [2.75, 3.05) is 6.54 Å². The predicted molar refractivity (Wildman–Crippen MR) is 64.6 cm³/mol. The maximum absolute atomic E-state index is 10.8. The molecule has 0 spiro atoms. The number of para-hydroxylation sites is 1. The summed E-state index contributed by atoms with van der Waals surface area (Å²) in [4.78, 5) is 14.0. The van der Waals surface area contributed by atoms with Gasteiger partial charge in [-0.05, 0) is 12.1 Å². The zero-order chi connectivity index (χ0) is 11.5. The second-order valence-corrected chi connectivity index (χ2v) is 4.65. The number of aliphatic carboxylic acids is 1. The van der Waals surface area contributed by atoms with Crippen LogP contribution >= 0.6 is 11.8 Å². The average Bonchev–Trinajstić information content (AvgIpc) is 2.67. The third-order valence-electron chi connectivity index (χ3n) is 2.26. The van der Waals surface area contributed by atoms with E-state index < -0.39 is 11.2 Å². The minimum atomic E-state index is -0.883. The van der Waals surface area contributed by atoms with Crippen LogP contribution in [0, 0.1) is 0 Å². The van der Waals surface area contributed by atoms with Crippen LogP contribution in [0.3, 0.4) is 0 Å². The molecule has 0 aliphatic carbocycles. The Bertz CT molecular complexity index is 476. The van der Waals surface area contributed by atoms with E-state index in [2.05, 4.69) is 4.98 Å². The summed E-state index contributed by atoms with van der Waals surface area (Å²) in [5.74, 6) is -0.883. The molecule has 2 rings (SSSR count). The number of hydrogen-bond donors (Lipinski definition) is 3. The van der Waals surface area contributed by atoms with Crippen LogP contribution in [0.4, 0.5) is 0 Å². The molecular weight excluding hydrogens is 224 g/mol. The molecule has 1 unspecified atom stereocenters. The van der Waals surface area contributed by atoms with Gasteiger partial charge in [0, 0.05) is 17.4 Å². The molecule has 1 heterocycles. The molecule has 2 aromatic rings. The zero-order valence-electron chi connectivity index (χ0n) is 8.51. The Kier molecular flexibility index (Phi) is 3.17. The number of aromatic nitrogens is 1. The molecule has 4 nitrogen and oxygen atoms in total. The first-order valence-corrected chi connectivity index (χ1v) is 5.76. The van der Waals surface area contributed by atoms with Crippen molar-refractivity contribution in [3.8, 4) is 0 Å². The van der Waals surface area contributed by atoms with Gasteiger partial charge in [-0.1, -0.05) is 30.0 Å². The van der Waals surface area contributed by atoms with Gasteiger partial charge in [0.05, 0.1) is 5.03 Å². The maximum atomic E-state index is 10.8. The lowest BCUT2D eigenvalue weighted by Gasteiger charge is -2.06. The number of carboxylic acid groups (broad SMARTS) is 1. The number of fused-ring (bicyclic) bond motifs is 1. The molecule has 0 saturated heterocycles. The summed E-state index contributed by atoms with van der Waals surface area (Å²) in [5.41, 5.74) is 6.41. The highest BCUT2D eigenvalue weighted by atomic mass is 32.2.